The van der Waals surface area contributed by atoms with E-state index in [9.17, 15) is 4.79 Å². The predicted molar refractivity (Wildman–Crippen MR) is 89.6 cm³/mol. The molecule has 118 valence electrons. The molecule has 0 spiro atoms. The van der Waals surface area contributed by atoms with Crippen LogP contribution in [0.15, 0.2) is 48.6 Å². The Morgan fingerprint density at radius 3 is 2.74 bits per heavy atom. The van der Waals surface area contributed by atoms with Gasteiger partial charge in [0.2, 0.25) is 5.78 Å². The molecular weight excluding hydrogens is 288 g/mol. The highest BCUT2D eigenvalue weighted by atomic mass is 16.5. The quantitative estimate of drug-likeness (QED) is 0.942. The van der Waals surface area contributed by atoms with E-state index in [1.54, 1.807) is 19.4 Å². The van der Waals surface area contributed by atoms with Crippen LogP contribution in [0.2, 0.25) is 0 Å². The van der Waals surface area contributed by atoms with Crippen molar-refractivity contribution >= 4 is 11.4 Å². The van der Waals surface area contributed by atoms with Gasteiger partial charge in [-0.25, -0.2) is 0 Å². The van der Waals surface area contributed by atoms with Crippen LogP contribution in [0, 0.1) is 6.92 Å². The molecule has 2 aromatic rings. The Kier molecular flexibility index (Phi) is 4.15. The molecule has 1 N–H and O–H groups in total. The number of pyridine rings is 1. The molecule has 1 aliphatic heterocycles. The van der Waals surface area contributed by atoms with Gasteiger partial charge in [0.15, 0.2) is 12.0 Å². The number of hydrogen-bond donors (Lipinski definition) is 1. The molecule has 1 aromatic carbocycles. The van der Waals surface area contributed by atoms with E-state index in [2.05, 4.69) is 36.3 Å². The zero-order valence-corrected chi connectivity index (χ0v) is 13.6. The van der Waals surface area contributed by atoms with Crippen molar-refractivity contribution in [3.8, 4) is 0 Å². The number of carbonyl (C=O) groups excluding carboxylic acids is 1. The summed E-state index contributed by atoms with van der Waals surface area (Å²) in [4.78, 5) is 17.0. The first-order valence-corrected chi connectivity index (χ1v) is 7.78. The maximum absolute atomic E-state index is 12.9. The minimum Gasteiger partial charge on any atom is -0.462 e. The Hall–Kier alpha value is -2.62. The van der Waals surface area contributed by atoms with E-state index in [0.717, 1.165) is 17.5 Å². The number of carbonyl (C=O) groups is 1. The van der Waals surface area contributed by atoms with E-state index >= 15 is 0 Å². The van der Waals surface area contributed by atoms with Crippen LogP contribution in [0.25, 0.3) is 5.57 Å². The molecule has 1 atom stereocenters. The van der Waals surface area contributed by atoms with Gasteiger partial charge in [-0.3, -0.25) is 9.78 Å². The second-order valence-corrected chi connectivity index (χ2v) is 5.60. The lowest BCUT2D eigenvalue weighted by Crippen LogP contribution is -2.10. The molecule has 4 nitrogen and oxygen atoms in total. The van der Waals surface area contributed by atoms with E-state index in [1.807, 2.05) is 18.2 Å². The fourth-order valence-electron chi connectivity index (χ4n) is 2.93. The number of ketones is 1. The van der Waals surface area contributed by atoms with Gasteiger partial charge in [0, 0.05) is 25.0 Å². The van der Waals surface area contributed by atoms with Crippen molar-refractivity contribution in [2.45, 2.75) is 26.4 Å². The van der Waals surface area contributed by atoms with Gasteiger partial charge >= 0.3 is 0 Å². The Bertz CT molecular complexity index is 766. The molecule has 0 amide bonds. The van der Waals surface area contributed by atoms with Gasteiger partial charge in [-0.1, -0.05) is 31.2 Å². The van der Waals surface area contributed by atoms with Crippen molar-refractivity contribution in [3.63, 3.8) is 0 Å². The standard InChI is InChI=1S/C19H20N2O2/c1-4-13-7-8-14(10-12(13)2)16-17(22)18(23-19(16)20-3)15-6-5-9-21-11-15/h5-11,18,20H,4H2,1-3H3. The lowest BCUT2D eigenvalue weighted by atomic mass is 9.94. The summed E-state index contributed by atoms with van der Waals surface area (Å²) in [6.07, 6.45) is 3.70. The molecule has 0 aliphatic carbocycles. The fraction of sp³-hybridized carbons (Fsp3) is 0.263. The lowest BCUT2D eigenvalue weighted by molar-refractivity contribution is -0.120. The van der Waals surface area contributed by atoms with Crippen LogP contribution in [0.5, 0.6) is 0 Å². The number of benzene rings is 1. The molecule has 0 fully saturated rings. The second-order valence-electron chi connectivity index (χ2n) is 5.60. The van der Waals surface area contributed by atoms with Gasteiger partial charge in [-0.05, 0) is 36.1 Å². The highest BCUT2D eigenvalue weighted by Gasteiger charge is 2.36. The summed E-state index contributed by atoms with van der Waals surface area (Å²) in [5.74, 6) is 0.485. The predicted octanol–water partition coefficient (Wildman–Crippen LogP) is 3.18. The van der Waals surface area contributed by atoms with E-state index in [1.165, 1.54) is 11.1 Å². The van der Waals surface area contributed by atoms with Crippen LogP contribution in [0.3, 0.4) is 0 Å². The maximum atomic E-state index is 12.9. The number of rotatable bonds is 4. The van der Waals surface area contributed by atoms with Gasteiger partial charge in [0.1, 0.15) is 0 Å². The number of nitrogens with one attached hydrogen (secondary N) is 1. The first-order valence-electron chi connectivity index (χ1n) is 7.78. The molecule has 1 unspecified atom stereocenters. The smallest absolute Gasteiger partial charge is 0.214 e. The van der Waals surface area contributed by atoms with Gasteiger partial charge in [0.05, 0.1) is 5.57 Å². The third kappa shape index (κ3) is 2.72. The van der Waals surface area contributed by atoms with Gasteiger partial charge in [0.25, 0.3) is 0 Å². The van der Waals surface area contributed by atoms with Gasteiger partial charge in [-0.15, -0.1) is 0 Å². The fourth-order valence-corrected chi connectivity index (χ4v) is 2.93. The summed E-state index contributed by atoms with van der Waals surface area (Å²) in [5.41, 5.74) is 4.73. The van der Waals surface area contributed by atoms with Crippen molar-refractivity contribution in [1.82, 2.24) is 10.3 Å². The molecule has 1 aliphatic rings. The van der Waals surface area contributed by atoms with Gasteiger partial charge in [-0.2, -0.15) is 0 Å². The first-order chi connectivity index (χ1) is 11.2. The number of aromatic nitrogens is 1. The number of Topliss-reactive ketones (excluding diaryl/α,β-unsaturated/α-hetero) is 1. The van der Waals surface area contributed by atoms with Crippen molar-refractivity contribution in [2.24, 2.45) is 0 Å². The minimum atomic E-state index is -0.632. The third-order valence-electron chi connectivity index (χ3n) is 4.17. The normalized spacial score (nSPS) is 17.3. The molecule has 4 heteroatoms. The van der Waals surface area contributed by atoms with Crippen LogP contribution in [-0.4, -0.2) is 17.8 Å². The number of ether oxygens (including phenoxy) is 1. The Morgan fingerprint density at radius 2 is 2.13 bits per heavy atom. The van der Waals surface area contributed by atoms with Crippen LogP contribution >= 0.6 is 0 Å². The summed E-state index contributed by atoms with van der Waals surface area (Å²) >= 11 is 0. The Balaban J connectivity index is 2.00. The monoisotopic (exact) mass is 308 g/mol. The van der Waals surface area contributed by atoms with Crippen LogP contribution < -0.4 is 5.32 Å². The Morgan fingerprint density at radius 1 is 1.30 bits per heavy atom. The molecule has 0 radical (unpaired) electrons. The van der Waals surface area contributed by atoms with Crippen molar-refractivity contribution < 1.29 is 9.53 Å². The summed E-state index contributed by atoms with van der Waals surface area (Å²) in [6.45, 7) is 4.20. The van der Waals surface area contributed by atoms with Crippen LogP contribution in [0.1, 0.15) is 35.3 Å². The first kappa shape index (κ1) is 15.3. The van der Waals surface area contributed by atoms with Crippen molar-refractivity contribution in [2.75, 3.05) is 7.05 Å². The number of aryl methyl sites for hydroxylation is 2. The van der Waals surface area contributed by atoms with Crippen LogP contribution in [-0.2, 0) is 16.0 Å². The average molecular weight is 308 g/mol. The largest absolute Gasteiger partial charge is 0.462 e. The third-order valence-corrected chi connectivity index (χ3v) is 4.17. The van der Waals surface area contributed by atoms with E-state index in [-0.39, 0.29) is 5.78 Å². The maximum Gasteiger partial charge on any atom is 0.214 e. The number of hydrogen-bond acceptors (Lipinski definition) is 4. The topological polar surface area (TPSA) is 51.2 Å². The summed E-state index contributed by atoms with van der Waals surface area (Å²) in [7, 11) is 1.77. The van der Waals surface area contributed by atoms with Crippen LogP contribution in [0.4, 0.5) is 0 Å². The molecule has 1 aromatic heterocycles. The molecule has 2 heterocycles. The van der Waals surface area contributed by atoms with Gasteiger partial charge < -0.3 is 10.1 Å². The highest BCUT2D eigenvalue weighted by molar-refractivity contribution is 6.25. The molecule has 0 bridgehead atoms. The van der Waals surface area contributed by atoms with Crippen molar-refractivity contribution in [1.29, 1.82) is 0 Å². The second kappa shape index (κ2) is 6.24. The van der Waals surface area contributed by atoms with E-state index < -0.39 is 6.10 Å². The summed E-state index contributed by atoms with van der Waals surface area (Å²) in [6, 6.07) is 9.79. The van der Waals surface area contributed by atoms with E-state index in [0.29, 0.717) is 11.5 Å². The SMILES string of the molecule is CCc1ccc(C2=C(NC)OC(c3cccnc3)C2=O)cc1C. The zero-order chi connectivity index (χ0) is 16.4. The minimum absolute atomic E-state index is 0.0361. The van der Waals surface area contributed by atoms with Crippen molar-refractivity contribution in [3.05, 3.63) is 70.9 Å². The molecular formula is C19H20N2O2. The molecule has 0 saturated carbocycles. The van der Waals surface area contributed by atoms with E-state index in [4.69, 9.17) is 4.74 Å². The lowest BCUT2D eigenvalue weighted by Gasteiger charge is -2.10. The molecule has 23 heavy (non-hydrogen) atoms. The average Bonchev–Trinajstić information content (AvgIpc) is 2.92. The summed E-state index contributed by atoms with van der Waals surface area (Å²) < 4.78 is 5.85. The Labute approximate surface area is 136 Å². The highest BCUT2D eigenvalue weighted by Crippen LogP contribution is 2.37. The number of nitrogens with zero attached hydrogens (tertiary/aromatic N) is 1. The zero-order valence-electron chi connectivity index (χ0n) is 13.6. The molecule has 3 rings (SSSR count). The summed E-state index contributed by atoms with van der Waals surface area (Å²) in [5, 5.41) is 3.01. The molecule has 0 saturated heterocycles.